The molecule has 1 aliphatic rings. The van der Waals surface area contributed by atoms with Gasteiger partial charge in [-0.3, -0.25) is 4.79 Å². The molecular formula is C16H20O3. The summed E-state index contributed by atoms with van der Waals surface area (Å²) in [5.41, 5.74) is 0.734. The Kier molecular flexibility index (Phi) is 4.74. The number of hydrogen-bond donors (Lipinski definition) is 0. The molecule has 0 aliphatic carbocycles. The van der Waals surface area contributed by atoms with Gasteiger partial charge in [0.25, 0.3) is 0 Å². The van der Waals surface area contributed by atoms with E-state index in [1.54, 1.807) is 0 Å². The summed E-state index contributed by atoms with van der Waals surface area (Å²) in [5, 5.41) is 0. The Morgan fingerprint density at radius 3 is 2.79 bits per heavy atom. The summed E-state index contributed by atoms with van der Waals surface area (Å²) in [6, 6.07) is 10.0. The molecule has 1 atom stereocenters. The van der Waals surface area contributed by atoms with E-state index >= 15 is 0 Å². The summed E-state index contributed by atoms with van der Waals surface area (Å²) in [6.07, 6.45) is 5.44. The third-order valence-corrected chi connectivity index (χ3v) is 3.58. The van der Waals surface area contributed by atoms with Crippen LogP contribution in [-0.4, -0.2) is 19.2 Å². The molecule has 1 saturated heterocycles. The SMILES string of the molecule is CC[C@@]1(/C=C/COCc2ccccc2)CCOC1=O. The van der Waals surface area contributed by atoms with Crippen molar-refractivity contribution in [3.63, 3.8) is 0 Å². The highest BCUT2D eigenvalue weighted by Gasteiger charge is 2.40. The van der Waals surface area contributed by atoms with E-state index in [2.05, 4.69) is 0 Å². The first kappa shape index (κ1) is 13.8. The number of cyclic esters (lactones) is 1. The average Bonchev–Trinajstić information content (AvgIpc) is 2.81. The molecule has 1 aliphatic heterocycles. The van der Waals surface area contributed by atoms with Gasteiger partial charge < -0.3 is 9.47 Å². The Hall–Kier alpha value is -1.61. The van der Waals surface area contributed by atoms with Gasteiger partial charge >= 0.3 is 5.97 Å². The van der Waals surface area contributed by atoms with Gasteiger partial charge in [-0.15, -0.1) is 0 Å². The van der Waals surface area contributed by atoms with Gasteiger partial charge in [0.2, 0.25) is 0 Å². The van der Waals surface area contributed by atoms with Crippen LogP contribution in [0.3, 0.4) is 0 Å². The maximum Gasteiger partial charge on any atom is 0.316 e. The van der Waals surface area contributed by atoms with E-state index in [1.807, 2.05) is 49.4 Å². The Bertz CT molecular complexity index is 439. The van der Waals surface area contributed by atoms with E-state index in [9.17, 15) is 4.79 Å². The van der Waals surface area contributed by atoms with Crippen LogP contribution in [0.25, 0.3) is 0 Å². The lowest BCUT2D eigenvalue weighted by atomic mass is 9.83. The normalized spacial score (nSPS) is 22.9. The van der Waals surface area contributed by atoms with E-state index < -0.39 is 5.41 Å². The first-order valence-corrected chi connectivity index (χ1v) is 6.73. The third-order valence-electron chi connectivity index (χ3n) is 3.58. The minimum Gasteiger partial charge on any atom is -0.465 e. The number of rotatable bonds is 6. The lowest BCUT2D eigenvalue weighted by Gasteiger charge is -2.17. The highest BCUT2D eigenvalue weighted by molar-refractivity contribution is 5.80. The zero-order valence-corrected chi connectivity index (χ0v) is 11.3. The fourth-order valence-corrected chi connectivity index (χ4v) is 2.25. The predicted octanol–water partition coefficient (Wildman–Crippen LogP) is 3.10. The fraction of sp³-hybridized carbons (Fsp3) is 0.438. The molecule has 1 aromatic carbocycles. The van der Waals surface area contributed by atoms with Gasteiger partial charge in [0, 0.05) is 6.42 Å². The standard InChI is InChI=1S/C16H20O3/c1-2-16(10-12-19-15(16)17)9-6-11-18-13-14-7-4-3-5-8-14/h3-9H,2,10-13H2,1H3/b9-6+/t16-/m1/s1. The zero-order chi connectivity index (χ0) is 13.6. The molecular weight excluding hydrogens is 240 g/mol. The van der Waals surface area contributed by atoms with Crippen LogP contribution in [-0.2, 0) is 20.9 Å². The largest absolute Gasteiger partial charge is 0.465 e. The van der Waals surface area contributed by atoms with Gasteiger partial charge in [-0.25, -0.2) is 0 Å². The van der Waals surface area contributed by atoms with Crippen molar-refractivity contribution in [2.24, 2.45) is 5.41 Å². The summed E-state index contributed by atoms with van der Waals surface area (Å²) < 4.78 is 10.6. The van der Waals surface area contributed by atoms with Crippen LogP contribution in [0.1, 0.15) is 25.3 Å². The topological polar surface area (TPSA) is 35.5 Å². The van der Waals surface area contributed by atoms with Crippen molar-refractivity contribution in [2.75, 3.05) is 13.2 Å². The molecule has 2 rings (SSSR count). The first-order chi connectivity index (χ1) is 9.27. The summed E-state index contributed by atoms with van der Waals surface area (Å²) in [5.74, 6) is -0.102. The van der Waals surface area contributed by atoms with Gasteiger partial charge in [0.15, 0.2) is 0 Å². The number of carbonyl (C=O) groups excluding carboxylic acids is 1. The van der Waals surface area contributed by atoms with Crippen LogP contribution in [0.2, 0.25) is 0 Å². The van der Waals surface area contributed by atoms with Crippen molar-refractivity contribution in [1.29, 1.82) is 0 Å². The van der Waals surface area contributed by atoms with Crippen molar-refractivity contribution in [3.05, 3.63) is 48.0 Å². The van der Waals surface area contributed by atoms with Crippen LogP contribution in [0.5, 0.6) is 0 Å². The van der Waals surface area contributed by atoms with Gasteiger partial charge in [-0.2, -0.15) is 0 Å². The smallest absolute Gasteiger partial charge is 0.316 e. The molecule has 1 aromatic rings. The molecule has 0 unspecified atom stereocenters. The van der Waals surface area contributed by atoms with Crippen LogP contribution in [0.4, 0.5) is 0 Å². The fourth-order valence-electron chi connectivity index (χ4n) is 2.25. The highest BCUT2D eigenvalue weighted by atomic mass is 16.5. The van der Waals surface area contributed by atoms with Gasteiger partial charge in [-0.05, 0) is 12.0 Å². The molecule has 0 aromatic heterocycles. The van der Waals surface area contributed by atoms with Gasteiger partial charge in [0.1, 0.15) is 0 Å². The Morgan fingerprint density at radius 2 is 2.16 bits per heavy atom. The molecule has 0 radical (unpaired) electrons. The second-order valence-electron chi connectivity index (χ2n) is 4.80. The molecule has 3 nitrogen and oxygen atoms in total. The van der Waals surface area contributed by atoms with Crippen molar-refractivity contribution < 1.29 is 14.3 Å². The average molecular weight is 260 g/mol. The molecule has 3 heteroatoms. The summed E-state index contributed by atoms with van der Waals surface area (Å²) in [6.45, 7) is 3.66. The molecule has 0 amide bonds. The minimum atomic E-state index is -0.421. The quantitative estimate of drug-likeness (QED) is 0.448. The Balaban J connectivity index is 1.79. The lowest BCUT2D eigenvalue weighted by Crippen LogP contribution is -2.22. The van der Waals surface area contributed by atoms with E-state index in [0.717, 1.165) is 18.4 Å². The lowest BCUT2D eigenvalue weighted by molar-refractivity contribution is -0.144. The van der Waals surface area contributed by atoms with Gasteiger partial charge in [0.05, 0.1) is 25.2 Å². The van der Waals surface area contributed by atoms with Crippen molar-refractivity contribution in [1.82, 2.24) is 0 Å². The number of ether oxygens (including phenoxy) is 2. The Morgan fingerprint density at radius 1 is 1.37 bits per heavy atom. The summed E-state index contributed by atoms with van der Waals surface area (Å²) in [7, 11) is 0. The summed E-state index contributed by atoms with van der Waals surface area (Å²) >= 11 is 0. The maximum absolute atomic E-state index is 11.7. The van der Waals surface area contributed by atoms with Crippen LogP contribution in [0, 0.1) is 5.41 Å². The van der Waals surface area contributed by atoms with Crippen LogP contribution < -0.4 is 0 Å². The molecule has 0 saturated carbocycles. The molecule has 1 heterocycles. The summed E-state index contributed by atoms with van der Waals surface area (Å²) in [4.78, 5) is 11.7. The molecule has 0 bridgehead atoms. The van der Waals surface area contributed by atoms with Crippen molar-refractivity contribution >= 4 is 5.97 Å². The second kappa shape index (κ2) is 6.53. The predicted molar refractivity (Wildman–Crippen MR) is 73.5 cm³/mol. The first-order valence-electron chi connectivity index (χ1n) is 6.73. The number of benzene rings is 1. The van der Waals surface area contributed by atoms with Crippen LogP contribution in [0.15, 0.2) is 42.5 Å². The number of hydrogen-bond acceptors (Lipinski definition) is 3. The van der Waals surface area contributed by atoms with Crippen molar-refractivity contribution in [2.45, 2.75) is 26.4 Å². The molecule has 19 heavy (non-hydrogen) atoms. The van der Waals surface area contributed by atoms with E-state index in [-0.39, 0.29) is 5.97 Å². The highest BCUT2D eigenvalue weighted by Crippen LogP contribution is 2.34. The van der Waals surface area contributed by atoms with Gasteiger partial charge in [-0.1, -0.05) is 49.4 Å². The molecule has 102 valence electrons. The molecule has 1 fully saturated rings. The number of esters is 1. The Labute approximate surface area is 114 Å². The zero-order valence-electron chi connectivity index (χ0n) is 11.3. The minimum absolute atomic E-state index is 0.102. The third kappa shape index (κ3) is 3.44. The van der Waals surface area contributed by atoms with Crippen LogP contribution >= 0.6 is 0 Å². The monoisotopic (exact) mass is 260 g/mol. The van der Waals surface area contributed by atoms with E-state index in [0.29, 0.717) is 19.8 Å². The second-order valence-corrected chi connectivity index (χ2v) is 4.80. The molecule has 0 spiro atoms. The van der Waals surface area contributed by atoms with E-state index in [1.165, 1.54) is 0 Å². The molecule has 0 N–H and O–H groups in total. The maximum atomic E-state index is 11.7. The van der Waals surface area contributed by atoms with Crippen molar-refractivity contribution in [3.8, 4) is 0 Å². The van der Waals surface area contributed by atoms with E-state index in [4.69, 9.17) is 9.47 Å². The number of carbonyl (C=O) groups is 1.